The van der Waals surface area contributed by atoms with Gasteiger partial charge in [-0.3, -0.25) is 14.9 Å². The predicted octanol–water partition coefficient (Wildman–Crippen LogP) is 3.32. The zero-order valence-electron chi connectivity index (χ0n) is 11.4. The molecule has 0 saturated heterocycles. The summed E-state index contributed by atoms with van der Waals surface area (Å²) < 4.78 is 0.617. The van der Waals surface area contributed by atoms with Gasteiger partial charge in [-0.05, 0) is 46.9 Å². The van der Waals surface area contributed by atoms with Crippen LogP contribution in [-0.4, -0.2) is 22.2 Å². The third kappa shape index (κ3) is 4.39. The van der Waals surface area contributed by atoms with Gasteiger partial charge in [-0.15, -0.1) is 0 Å². The molecule has 2 N–H and O–H groups in total. The number of non-ortho nitro benzene ring substituents is 1. The number of nitro benzene ring substituents is 1. The van der Waals surface area contributed by atoms with Gasteiger partial charge in [0.25, 0.3) is 11.6 Å². The van der Waals surface area contributed by atoms with Crippen LogP contribution in [0.4, 0.5) is 5.69 Å². The smallest absolute Gasteiger partial charge is 0.271 e. The molecule has 0 fully saturated rings. The van der Waals surface area contributed by atoms with Gasteiger partial charge in [-0.2, -0.15) is 5.10 Å². The van der Waals surface area contributed by atoms with E-state index in [1.165, 1.54) is 36.5 Å². The topological polar surface area (TPSA) is 105 Å². The lowest BCUT2D eigenvalue weighted by molar-refractivity contribution is -0.384. The first-order valence-electron chi connectivity index (χ1n) is 6.14. The molecule has 2 aromatic rings. The fourth-order valence-electron chi connectivity index (χ4n) is 1.62. The van der Waals surface area contributed by atoms with Crippen LogP contribution in [0.3, 0.4) is 0 Å². The van der Waals surface area contributed by atoms with Crippen molar-refractivity contribution in [1.82, 2.24) is 5.43 Å². The van der Waals surface area contributed by atoms with Crippen LogP contribution in [0, 0.1) is 13.7 Å². The molecule has 0 aliphatic heterocycles. The van der Waals surface area contributed by atoms with Crippen LogP contribution in [0.25, 0.3) is 0 Å². The Morgan fingerprint density at radius 2 is 2.09 bits per heavy atom. The Balaban J connectivity index is 2.12. The summed E-state index contributed by atoms with van der Waals surface area (Å²) in [6.07, 6.45) is 1.21. The van der Waals surface area contributed by atoms with Crippen molar-refractivity contribution in [2.45, 2.75) is 0 Å². The lowest BCUT2D eigenvalue weighted by atomic mass is 10.2. The van der Waals surface area contributed by atoms with Crippen LogP contribution in [0.1, 0.15) is 15.9 Å². The minimum absolute atomic E-state index is 0.0102. The SMILES string of the molecule is O=C(N/N=C\c1cc([N+](=O)[O-])ccc1Cl)c1ccc(I)c(O)c1. The van der Waals surface area contributed by atoms with Crippen LogP contribution in [-0.2, 0) is 0 Å². The molecule has 0 aromatic heterocycles. The molecule has 0 heterocycles. The summed E-state index contributed by atoms with van der Waals surface area (Å²) in [5, 5.41) is 24.3. The summed E-state index contributed by atoms with van der Waals surface area (Å²) in [6.45, 7) is 0. The highest BCUT2D eigenvalue weighted by atomic mass is 127. The Kier molecular flexibility index (Phi) is 5.50. The second-order valence-corrected chi connectivity index (χ2v) is 5.90. The van der Waals surface area contributed by atoms with Crippen LogP contribution in [0.5, 0.6) is 5.75 Å². The lowest BCUT2D eigenvalue weighted by Gasteiger charge is -2.02. The number of aromatic hydroxyl groups is 1. The number of hydrazone groups is 1. The van der Waals surface area contributed by atoms with Crippen LogP contribution >= 0.6 is 34.2 Å². The summed E-state index contributed by atoms with van der Waals surface area (Å²) in [4.78, 5) is 22.0. The van der Waals surface area contributed by atoms with Crippen molar-refractivity contribution < 1.29 is 14.8 Å². The van der Waals surface area contributed by atoms with E-state index in [-0.39, 0.29) is 22.0 Å². The van der Waals surface area contributed by atoms with E-state index in [1.807, 2.05) is 22.6 Å². The summed E-state index contributed by atoms with van der Waals surface area (Å²) >= 11 is 7.84. The van der Waals surface area contributed by atoms with E-state index in [2.05, 4.69) is 10.5 Å². The van der Waals surface area contributed by atoms with Crippen molar-refractivity contribution >= 4 is 52.0 Å². The summed E-state index contributed by atoms with van der Waals surface area (Å²) in [6, 6.07) is 8.33. The maximum absolute atomic E-state index is 11.9. The molecule has 2 aromatic carbocycles. The molecule has 0 atom stereocenters. The third-order valence-corrected chi connectivity index (χ3v) is 4.02. The molecule has 7 nitrogen and oxygen atoms in total. The third-order valence-electron chi connectivity index (χ3n) is 2.77. The fourth-order valence-corrected chi connectivity index (χ4v) is 2.12. The minimum Gasteiger partial charge on any atom is -0.507 e. The second kappa shape index (κ2) is 7.38. The van der Waals surface area contributed by atoms with Crippen molar-refractivity contribution in [3.63, 3.8) is 0 Å². The van der Waals surface area contributed by atoms with E-state index in [9.17, 15) is 20.0 Å². The Morgan fingerprint density at radius 1 is 1.35 bits per heavy atom. The van der Waals surface area contributed by atoms with E-state index in [0.29, 0.717) is 9.13 Å². The minimum atomic E-state index is -0.555. The number of benzene rings is 2. The number of nitrogens with zero attached hydrogens (tertiary/aromatic N) is 2. The first kappa shape index (κ1) is 17.2. The molecule has 0 unspecified atom stereocenters. The van der Waals surface area contributed by atoms with E-state index in [1.54, 1.807) is 6.07 Å². The first-order chi connectivity index (χ1) is 10.9. The molecule has 9 heteroatoms. The number of nitrogens with one attached hydrogen (secondary N) is 1. The number of rotatable bonds is 4. The molecular weight excluding hydrogens is 437 g/mol. The molecule has 0 spiro atoms. The number of phenolic OH excluding ortho intramolecular Hbond substituents is 1. The summed E-state index contributed by atoms with van der Waals surface area (Å²) in [5.74, 6) is -0.543. The molecule has 118 valence electrons. The number of hydrogen-bond donors (Lipinski definition) is 2. The normalized spacial score (nSPS) is 10.7. The van der Waals surface area contributed by atoms with Crippen molar-refractivity contribution in [3.8, 4) is 5.75 Å². The zero-order chi connectivity index (χ0) is 17.0. The Morgan fingerprint density at radius 3 is 2.74 bits per heavy atom. The largest absolute Gasteiger partial charge is 0.507 e. The van der Waals surface area contributed by atoms with Crippen LogP contribution in [0.2, 0.25) is 5.02 Å². The van der Waals surface area contributed by atoms with Gasteiger partial charge in [-0.1, -0.05) is 11.6 Å². The van der Waals surface area contributed by atoms with Crippen LogP contribution in [0.15, 0.2) is 41.5 Å². The fraction of sp³-hybridized carbons (Fsp3) is 0. The predicted molar refractivity (Wildman–Crippen MR) is 94.0 cm³/mol. The number of hydrogen-bond acceptors (Lipinski definition) is 5. The molecule has 23 heavy (non-hydrogen) atoms. The molecule has 0 aliphatic carbocycles. The number of halogens is 2. The summed E-state index contributed by atoms with van der Waals surface area (Å²) in [7, 11) is 0. The summed E-state index contributed by atoms with van der Waals surface area (Å²) in [5.41, 5.74) is 2.65. The van der Waals surface area contributed by atoms with E-state index < -0.39 is 10.8 Å². The highest BCUT2D eigenvalue weighted by molar-refractivity contribution is 14.1. The Bertz CT molecular complexity index is 811. The molecule has 0 radical (unpaired) electrons. The standard InChI is InChI=1S/C14H9ClIN3O4/c15-11-3-2-10(19(22)23)5-9(11)7-17-18-14(21)8-1-4-12(16)13(20)6-8/h1-7,20H,(H,18,21)/b17-7-. The number of phenols is 1. The van der Waals surface area contributed by atoms with Gasteiger partial charge in [0.15, 0.2) is 0 Å². The van der Waals surface area contributed by atoms with Gasteiger partial charge >= 0.3 is 0 Å². The maximum atomic E-state index is 11.9. The van der Waals surface area contributed by atoms with Crippen molar-refractivity contribution in [3.05, 3.63) is 66.2 Å². The van der Waals surface area contributed by atoms with Crippen molar-refractivity contribution in [2.75, 3.05) is 0 Å². The van der Waals surface area contributed by atoms with Crippen molar-refractivity contribution in [2.24, 2.45) is 5.10 Å². The van der Waals surface area contributed by atoms with Gasteiger partial charge in [0.05, 0.1) is 14.7 Å². The van der Waals surface area contributed by atoms with E-state index in [4.69, 9.17) is 11.6 Å². The highest BCUT2D eigenvalue weighted by Crippen LogP contribution is 2.21. The average molecular weight is 446 g/mol. The van der Waals surface area contributed by atoms with E-state index in [0.717, 1.165) is 0 Å². The van der Waals surface area contributed by atoms with Crippen LogP contribution < -0.4 is 5.43 Å². The quantitative estimate of drug-likeness (QED) is 0.326. The Hall–Kier alpha value is -2.20. The van der Waals surface area contributed by atoms with E-state index >= 15 is 0 Å². The molecule has 0 bridgehead atoms. The maximum Gasteiger partial charge on any atom is 0.271 e. The molecular formula is C14H9ClIN3O4. The van der Waals surface area contributed by atoms with Gasteiger partial charge < -0.3 is 5.11 Å². The number of nitro groups is 1. The monoisotopic (exact) mass is 445 g/mol. The second-order valence-electron chi connectivity index (χ2n) is 4.33. The number of amides is 1. The highest BCUT2D eigenvalue weighted by Gasteiger charge is 2.09. The molecule has 2 rings (SSSR count). The molecule has 0 saturated carbocycles. The Labute approximate surface area is 149 Å². The lowest BCUT2D eigenvalue weighted by Crippen LogP contribution is -2.17. The number of carbonyl (C=O) groups excluding carboxylic acids is 1. The first-order valence-corrected chi connectivity index (χ1v) is 7.60. The molecule has 0 aliphatic rings. The van der Waals surface area contributed by atoms with Gasteiger partial charge in [0.1, 0.15) is 5.75 Å². The zero-order valence-corrected chi connectivity index (χ0v) is 14.3. The molecule has 1 amide bonds. The average Bonchev–Trinajstić information content (AvgIpc) is 2.51. The van der Waals surface area contributed by atoms with Gasteiger partial charge in [-0.25, -0.2) is 5.43 Å². The number of carbonyl (C=O) groups is 1. The van der Waals surface area contributed by atoms with Crippen molar-refractivity contribution in [1.29, 1.82) is 0 Å². The van der Waals surface area contributed by atoms with Gasteiger partial charge in [0, 0.05) is 28.3 Å². The van der Waals surface area contributed by atoms with Gasteiger partial charge in [0.2, 0.25) is 0 Å².